The van der Waals surface area contributed by atoms with Crippen molar-refractivity contribution in [3.05, 3.63) is 24.0 Å². The van der Waals surface area contributed by atoms with Crippen molar-refractivity contribution in [2.45, 2.75) is 13.3 Å². The zero-order valence-electron chi connectivity index (χ0n) is 11.9. The van der Waals surface area contributed by atoms with Crippen LogP contribution in [0.4, 0.5) is 5.69 Å². The van der Waals surface area contributed by atoms with Crippen molar-refractivity contribution in [1.29, 1.82) is 5.26 Å². The zero-order chi connectivity index (χ0) is 14.8. The number of nitrogens with zero attached hydrogens (tertiary/aromatic N) is 3. The number of nitriles is 1. The lowest BCUT2D eigenvalue weighted by Gasteiger charge is -2.22. The Kier molecular flexibility index (Phi) is 7.07. The standard InChI is InChI=1S/C14H20N4O2/c1-3-17-13-5-7-16-11-12(13)14(19)18(8-4-6-15)9-10-20-2/h5,7,11H,3-4,8-10H2,1-2H3,(H,16,17). The molecule has 0 spiro atoms. The van der Waals surface area contributed by atoms with Gasteiger partial charge in [-0.15, -0.1) is 0 Å². The van der Waals surface area contributed by atoms with Gasteiger partial charge in [-0.1, -0.05) is 0 Å². The average Bonchev–Trinajstić information content (AvgIpc) is 2.48. The second-order valence-corrected chi connectivity index (χ2v) is 4.14. The van der Waals surface area contributed by atoms with Crippen LogP contribution in [0, 0.1) is 11.3 Å². The zero-order valence-corrected chi connectivity index (χ0v) is 11.9. The number of rotatable bonds is 8. The molecule has 1 amide bonds. The van der Waals surface area contributed by atoms with Gasteiger partial charge in [0.25, 0.3) is 5.91 Å². The van der Waals surface area contributed by atoms with E-state index in [0.717, 1.165) is 12.2 Å². The molecule has 1 heterocycles. The van der Waals surface area contributed by atoms with E-state index >= 15 is 0 Å². The van der Waals surface area contributed by atoms with Crippen LogP contribution >= 0.6 is 0 Å². The first kappa shape index (κ1) is 15.9. The Morgan fingerprint density at radius 1 is 1.55 bits per heavy atom. The number of hydrogen-bond acceptors (Lipinski definition) is 5. The number of nitrogens with one attached hydrogen (secondary N) is 1. The van der Waals surface area contributed by atoms with Gasteiger partial charge in [0.2, 0.25) is 0 Å². The van der Waals surface area contributed by atoms with Crippen LogP contribution in [0.3, 0.4) is 0 Å². The third-order valence-electron chi connectivity index (χ3n) is 2.76. The number of pyridine rings is 1. The number of amides is 1. The summed E-state index contributed by atoms with van der Waals surface area (Å²) < 4.78 is 5.01. The molecule has 0 radical (unpaired) electrons. The monoisotopic (exact) mass is 276 g/mol. The summed E-state index contributed by atoms with van der Waals surface area (Å²) in [5.74, 6) is -0.138. The Labute approximate surface area is 119 Å². The third kappa shape index (κ3) is 4.52. The molecule has 1 N–H and O–H groups in total. The van der Waals surface area contributed by atoms with Gasteiger partial charge in [0.1, 0.15) is 0 Å². The predicted octanol–water partition coefficient (Wildman–Crippen LogP) is 1.52. The quantitative estimate of drug-likeness (QED) is 0.778. The van der Waals surface area contributed by atoms with Gasteiger partial charge in [-0.2, -0.15) is 5.26 Å². The van der Waals surface area contributed by atoms with E-state index in [-0.39, 0.29) is 5.91 Å². The number of ether oxygens (including phenoxy) is 1. The summed E-state index contributed by atoms with van der Waals surface area (Å²) in [5, 5.41) is 11.8. The Morgan fingerprint density at radius 3 is 3.00 bits per heavy atom. The van der Waals surface area contributed by atoms with Crippen molar-refractivity contribution < 1.29 is 9.53 Å². The van der Waals surface area contributed by atoms with Crippen molar-refractivity contribution in [3.63, 3.8) is 0 Å². The van der Waals surface area contributed by atoms with Gasteiger partial charge >= 0.3 is 0 Å². The average molecular weight is 276 g/mol. The first-order chi connectivity index (χ1) is 9.74. The normalized spacial score (nSPS) is 9.85. The van der Waals surface area contributed by atoms with Crippen LogP contribution in [0.1, 0.15) is 23.7 Å². The summed E-state index contributed by atoms with van der Waals surface area (Å²) in [6.45, 7) is 3.97. The Balaban J connectivity index is 2.90. The molecule has 0 saturated carbocycles. The molecule has 1 aromatic rings. The third-order valence-corrected chi connectivity index (χ3v) is 2.76. The highest BCUT2D eigenvalue weighted by Gasteiger charge is 2.18. The van der Waals surface area contributed by atoms with E-state index in [9.17, 15) is 4.79 Å². The molecule has 0 atom stereocenters. The maximum absolute atomic E-state index is 12.5. The second-order valence-electron chi connectivity index (χ2n) is 4.14. The first-order valence-corrected chi connectivity index (χ1v) is 6.57. The highest BCUT2D eigenvalue weighted by Crippen LogP contribution is 2.16. The lowest BCUT2D eigenvalue weighted by Crippen LogP contribution is -2.35. The molecule has 0 aromatic carbocycles. The number of carbonyl (C=O) groups is 1. The van der Waals surface area contributed by atoms with Crippen LogP contribution in [0.25, 0.3) is 0 Å². The molecule has 0 aliphatic rings. The fourth-order valence-corrected chi connectivity index (χ4v) is 1.78. The van der Waals surface area contributed by atoms with Crippen LogP contribution in [-0.2, 0) is 4.74 Å². The fraction of sp³-hybridized carbons (Fsp3) is 0.500. The number of aromatic nitrogens is 1. The van der Waals surface area contributed by atoms with Crippen LogP contribution < -0.4 is 5.32 Å². The largest absolute Gasteiger partial charge is 0.385 e. The molecule has 0 aliphatic carbocycles. The SMILES string of the molecule is CCNc1ccncc1C(=O)N(CCC#N)CCOC. The maximum atomic E-state index is 12.5. The molecule has 0 bridgehead atoms. The summed E-state index contributed by atoms with van der Waals surface area (Å²) in [6, 6.07) is 3.83. The van der Waals surface area contributed by atoms with Gasteiger partial charge in [-0.05, 0) is 13.0 Å². The number of hydrogen-bond donors (Lipinski definition) is 1. The van der Waals surface area contributed by atoms with E-state index in [4.69, 9.17) is 10.00 Å². The molecule has 0 aliphatic heterocycles. The lowest BCUT2D eigenvalue weighted by molar-refractivity contribution is 0.0700. The van der Waals surface area contributed by atoms with Crippen LogP contribution in [0.2, 0.25) is 0 Å². The van der Waals surface area contributed by atoms with Crippen molar-refractivity contribution in [3.8, 4) is 6.07 Å². The van der Waals surface area contributed by atoms with E-state index in [0.29, 0.717) is 31.7 Å². The fourth-order valence-electron chi connectivity index (χ4n) is 1.78. The molecular weight excluding hydrogens is 256 g/mol. The molecule has 0 fully saturated rings. The van der Waals surface area contributed by atoms with Crippen LogP contribution in [0.15, 0.2) is 18.5 Å². The number of anilines is 1. The van der Waals surface area contributed by atoms with Gasteiger partial charge in [0, 0.05) is 39.1 Å². The highest BCUT2D eigenvalue weighted by molar-refractivity contribution is 5.99. The van der Waals surface area contributed by atoms with Crippen molar-refractivity contribution >= 4 is 11.6 Å². The van der Waals surface area contributed by atoms with Gasteiger partial charge < -0.3 is 15.0 Å². The molecule has 1 aromatic heterocycles. The van der Waals surface area contributed by atoms with E-state index in [2.05, 4.69) is 16.4 Å². The molecule has 20 heavy (non-hydrogen) atoms. The molecule has 6 heteroatoms. The minimum atomic E-state index is -0.138. The van der Waals surface area contributed by atoms with Gasteiger partial charge in [0.05, 0.1) is 30.3 Å². The predicted molar refractivity (Wildman–Crippen MR) is 76.4 cm³/mol. The van der Waals surface area contributed by atoms with Gasteiger partial charge in [-0.25, -0.2) is 0 Å². The summed E-state index contributed by atoms with van der Waals surface area (Å²) in [4.78, 5) is 18.2. The highest BCUT2D eigenvalue weighted by atomic mass is 16.5. The molecule has 108 valence electrons. The van der Waals surface area contributed by atoms with E-state index in [1.807, 2.05) is 6.92 Å². The van der Waals surface area contributed by atoms with E-state index in [1.165, 1.54) is 0 Å². The van der Waals surface area contributed by atoms with Crippen molar-refractivity contribution in [1.82, 2.24) is 9.88 Å². The minimum Gasteiger partial charge on any atom is -0.385 e. The summed E-state index contributed by atoms with van der Waals surface area (Å²) in [7, 11) is 1.58. The van der Waals surface area contributed by atoms with Crippen molar-refractivity contribution in [2.75, 3.05) is 38.7 Å². The Bertz CT molecular complexity index is 470. The number of carbonyl (C=O) groups excluding carboxylic acids is 1. The van der Waals surface area contributed by atoms with Crippen LogP contribution in [0.5, 0.6) is 0 Å². The van der Waals surface area contributed by atoms with Gasteiger partial charge in [-0.3, -0.25) is 9.78 Å². The molecule has 0 saturated heterocycles. The van der Waals surface area contributed by atoms with Gasteiger partial charge in [0.15, 0.2) is 0 Å². The van der Waals surface area contributed by atoms with Crippen LogP contribution in [-0.4, -0.2) is 49.1 Å². The Hall–Kier alpha value is -2.13. The summed E-state index contributed by atoms with van der Waals surface area (Å²) in [5.41, 5.74) is 1.27. The molecule has 1 rings (SSSR count). The minimum absolute atomic E-state index is 0.138. The lowest BCUT2D eigenvalue weighted by atomic mass is 10.2. The summed E-state index contributed by atoms with van der Waals surface area (Å²) >= 11 is 0. The smallest absolute Gasteiger partial charge is 0.257 e. The number of methoxy groups -OCH3 is 1. The topological polar surface area (TPSA) is 78.3 Å². The van der Waals surface area contributed by atoms with Crippen molar-refractivity contribution in [2.24, 2.45) is 0 Å². The van der Waals surface area contributed by atoms with E-state index < -0.39 is 0 Å². The second kappa shape index (κ2) is 8.88. The van der Waals surface area contributed by atoms with E-state index in [1.54, 1.807) is 30.5 Å². The molecule has 6 nitrogen and oxygen atoms in total. The Morgan fingerprint density at radius 2 is 2.35 bits per heavy atom. The first-order valence-electron chi connectivity index (χ1n) is 6.57. The molecule has 0 unspecified atom stereocenters. The molecular formula is C14H20N4O2. The summed E-state index contributed by atoms with van der Waals surface area (Å²) in [6.07, 6.45) is 3.49. The maximum Gasteiger partial charge on any atom is 0.257 e.